The second-order valence-corrected chi connectivity index (χ2v) is 4.70. The zero-order valence-electron chi connectivity index (χ0n) is 12.0. The molecule has 0 bridgehead atoms. The zero-order chi connectivity index (χ0) is 15.8. The smallest absolute Gasteiger partial charge is 0.171 e. The van der Waals surface area contributed by atoms with Crippen LogP contribution in [0.25, 0.3) is 0 Å². The van der Waals surface area contributed by atoms with Crippen LogP contribution in [0.3, 0.4) is 0 Å². The highest BCUT2D eigenvalue weighted by Gasteiger charge is 2.06. The Labute approximate surface area is 134 Å². The van der Waals surface area contributed by atoms with Gasteiger partial charge in [-0.2, -0.15) is 5.26 Å². The van der Waals surface area contributed by atoms with Gasteiger partial charge in [0.2, 0.25) is 0 Å². The van der Waals surface area contributed by atoms with Crippen LogP contribution in [0, 0.1) is 11.3 Å². The molecule has 0 atom stereocenters. The molecule has 0 amide bonds. The molecule has 0 aliphatic heterocycles. The maximum absolute atomic E-state index is 9.00. The highest BCUT2D eigenvalue weighted by Crippen LogP contribution is 2.14. The van der Waals surface area contributed by atoms with E-state index in [2.05, 4.69) is 26.7 Å². The number of rotatable bonds is 5. The summed E-state index contributed by atoms with van der Waals surface area (Å²) in [5.41, 5.74) is 1.30. The molecule has 2 heterocycles. The normalized spacial score (nSPS) is 9.64. The summed E-state index contributed by atoms with van der Waals surface area (Å²) in [4.78, 5) is 8.36. The molecule has 6 nitrogen and oxygen atoms in total. The number of nitrogens with one attached hydrogen (secondary N) is 2. The summed E-state index contributed by atoms with van der Waals surface area (Å²) in [5.74, 6) is 1.19. The summed E-state index contributed by atoms with van der Waals surface area (Å²) >= 11 is 5.20. The molecule has 0 spiro atoms. The number of methoxy groups -OCH3 is 1. The molecule has 0 radical (unpaired) electrons. The standard InChI is InChI=1S/C15H15N5OS/c1-21-13-5-3-7-17-12(13)6-9-19-15(22)20-14-11(10-16)4-2-8-18-14/h2-5,7-8H,6,9H2,1H3,(H2,18,19,20,22). The number of anilines is 1. The second kappa shape index (κ2) is 7.90. The lowest BCUT2D eigenvalue weighted by Gasteiger charge is -2.11. The molecule has 0 unspecified atom stereocenters. The Kier molecular flexibility index (Phi) is 5.63. The van der Waals surface area contributed by atoms with Crippen LogP contribution in [-0.2, 0) is 6.42 Å². The summed E-state index contributed by atoms with van der Waals surface area (Å²) in [5, 5.41) is 15.4. The third kappa shape index (κ3) is 4.14. The number of thiocarbonyl (C=S) groups is 1. The number of nitriles is 1. The van der Waals surface area contributed by atoms with E-state index in [1.54, 1.807) is 31.6 Å². The van der Waals surface area contributed by atoms with Crippen LogP contribution in [0.4, 0.5) is 5.82 Å². The van der Waals surface area contributed by atoms with Gasteiger partial charge >= 0.3 is 0 Å². The van der Waals surface area contributed by atoms with E-state index in [0.717, 1.165) is 11.4 Å². The van der Waals surface area contributed by atoms with Gasteiger partial charge in [0, 0.05) is 25.4 Å². The first-order valence-electron chi connectivity index (χ1n) is 6.62. The molecule has 2 N–H and O–H groups in total. The van der Waals surface area contributed by atoms with Crippen molar-refractivity contribution in [3.8, 4) is 11.8 Å². The lowest BCUT2D eigenvalue weighted by molar-refractivity contribution is 0.406. The Hall–Kier alpha value is -2.72. The molecule has 2 rings (SSSR count). The van der Waals surface area contributed by atoms with Crippen molar-refractivity contribution < 1.29 is 4.74 Å². The first kappa shape index (κ1) is 15.7. The van der Waals surface area contributed by atoms with Gasteiger partial charge in [0.1, 0.15) is 17.6 Å². The fraction of sp³-hybridized carbons (Fsp3) is 0.200. The van der Waals surface area contributed by atoms with E-state index in [9.17, 15) is 0 Å². The number of aromatic nitrogens is 2. The van der Waals surface area contributed by atoms with Gasteiger partial charge in [-0.3, -0.25) is 4.98 Å². The van der Waals surface area contributed by atoms with Crippen molar-refractivity contribution >= 4 is 23.1 Å². The fourth-order valence-electron chi connectivity index (χ4n) is 1.84. The maximum atomic E-state index is 9.00. The quantitative estimate of drug-likeness (QED) is 0.816. The van der Waals surface area contributed by atoms with Crippen LogP contribution < -0.4 is 15.4 Å². The number of pyridine rings is 2. The largest absolute Gasteiger partial charge is 0.495 e. The van der Waals surface area contributed by atoms with E-state index in [0.29, 0.717) is 29.5 Å². The van der Waals surface area contributed by atoms with E-state index in [1.165, 1.54) is 0 Å². The SMILES string of the molecule is COc1cccnc1CCNC(=S)Nc1ncccc1C#N. The summed E-state index contributed by atoms with van der Waals surface area (Å²) in [6, 6.07) is 9.13. The van der Waals surface area contributed by atoms with Crippen molar-refractivity contribution in [1.29, 1.82) is 5.26 Å². The van der Waals surface area contributed by atoms with Crippen molar-refractivity contribution in [2.45, 2.75) is 6.42 Å². The molecule has 0 fully saturated rings. The summed E-state index contributed by atoms with van der Waals surface area (Å²) in [6.45, 7) is 0.591. The molecule has 0 aromatic carbocycles. The van der Waals surface area contributed by atoms with Gasteiger partial charge in [-0.15, -0.1) is 0 Å². The van der Waals surface area contributed by atoms with E-state index in [4.69, 9.17) is 22.2 Å². The van der Waals surface area contributed by atoms with Crippen LogP contribution in [0.5, 0.6) is 5.75 Å². The van der Waals surface area contributed by atoms with Gasteiger partial charge in [0.15, 0.2) is 5.11 Å². The number of ether oxygens (including phenoxy) is 1. The third-order valence-electron chi connectivity index (χ3n) is 2.88. The Morgan fingerprint density at radius 3 is 2.86 bits per heavy atom. The van der Waals surface area contributed by atoms with Crippen molar-refractivity contribution in [3.05, 3.63) is 47.9 Å². The minimum Gasteiger partial charge on any atom is -0.495 e. The van der Waals surface area contributed by atoms with Crippen LogP contribution in [-0.4, -0.2) is 28.7 Å². The van der Waals surface area contributed by atoms with Gasteiger partial charge in [-0.1, -0.05) is 0 Å². The summed E-state index contributed by atoms with van der Waals surface area (Å²) in [6.07, 6.45) is 3.99. The van der Waals surface area contributed by atoms with Crippen molar-refractivity contribution in [1.82, 2.24) is 15.3 Å². The van der Waals surface area contributed by atoms with Crippen molar-refractivity contribution in [2.24, 2.45) is 0 Å². The van der Waals surface area contributed by atoms with Crippen molar-refractivity contribution in [2.75, 3.05) is 19.0 Å². The van der Waals surface area contributed by atoms with Crippen LogP contribution in [0.15, 0.2) is 36.7 Å². The Balaban J connectivity index is 1.87. The third-order valence-corrected chi connectivity index (χ3v) is 3.12. The highest BCUT2D eigenvalue weighted by molar-refractivity contribution is 7.80. The molecular weight excluding hydrogens is 298 g/mol. The highest BCUT2D eigenvalue weighted by atomic mass is 32.1. The molecule has 0 aliphatic carbocycles. The van der Waals surface area contributed by atoms with Gasteiger partial charge in [-0.05, 0) is 36.5 Å². The molecule has 0 saturated carbocycles. The molecular formula is C15H15N5OS. The molecule has 7 heteroatoms. The number of nitrogens with zero attached hydrogens (tertiary/aromatic N) is 3. The van der Waals surface area contributed by atoms with E-state index >= 15 is 0 Å². The average molecular weight is 313 g/mol. The summed E-state index contributed by atoms with van der Waals surface area (Å²) < 4.78 is 5.24. The predicted octanol–water partition coefficient (Wildman–Crippen LogP) is 1.89. The van der Waals surface area contributed by atoms with Gasteiger partial charge < -0.3 is 15.4 Å². The monoisotopic (exact) mass is 313 g/mol. The van der Waals surface area contributed by atoms with Crippen LogP contribution in [0.1, 0.15) is 11.3 Å². The average Bonchev–Trinajstić information content (AvgIpc) is 2.55. The van der Waals surface area contributed by atoms with Gasteiger partial charge in [0.25, 0.3) is 0 Å². The molecule has 2 aromatic heterocycles. The minimum absolute atomic E-state index is 0.407. The van der Waals surface area contributed by atoms with Crippen LogP contribution >= 0.6 is 12.2 Å². The van der Waals surface area contributed by atoms with Crippen LogP contribution in [0.2, 0.25) is 0 Å². The lowest BCUT2D eigenvalue weighted by Crippen LogP contribution is -2.31. The molecule has 112 valence electrons. The predicted molar refractivity (Wildman–Crippen MR) is 87.7 cm³/mol. The number of hydrogen-bond acceptors (Lipinski definition) is 5. The van der Waals surface area contributed by atoms with E-state index < -0.39 is 0 Å². The van der Waals surface area contributed by atoms with E-state index in [1.807, 2.05) is 12.1 Å². The zero-order valence-corrected chi connectivity index (χ0v) is 12.9. The first-order valence-corrected chi connectivity index (χ1v) is 7.03. The molecule has 22 heavy (non-hydrogen) atoms. The van der Waals surface area contributed by atoms with E-state index in [-0.39, 0.29) is 0 Å². The Bertz CT molecular complexity index is 698. The van der Waals surface area contributed by atoms with Gasteiger partial charge in [0.05, 0.1) is 18.4 Å². The first-order chi connectivity index (χ1) is 10.7. The minimum atomic E-state index is 0.407. The van der Waals surface area contributed by atoms with Crippen molar-refractivity contribution in [3.63, 3.8) is 0 Å². The molecule has 0 aliphatic rings. The maximum Gasteiger partial charge on any atom is 0.171 e. The second-order valence-electron chi connectivity index (χ2n) is 4.29. The Morgan fingerprint density at radius 1 is 1.32 bits per heavy atom. The number of hydrogen-bond donors (Lipinski definition) is 2. The fourth-order valence-corrected chi connectivity index (χ4v) is 2.04. The lowest BCUT2D eigenvalue weighted by atomic mass is 10.2. The summed E-state index contributed by atoms with van der Waals surface area (Å²) in [7, 11) is 1.62. The molecule has 2 aromatic rings. The topological polar surface area (TPSA) is 82.9 Å². The molecule has 0 saturated heterocycles. The Morgan fingerprint density at radius 2 is 2.09 bits per heavy atom. The van der Waals surface area contributed by atoms with Gasteiger partial charge in [-0.25, -0.2) is 4.98 Å².